The van der Waals surface area contributed by atoms with Gasteiger partial charge in [-0.2, -0.15) is 5.26 Å². The summed E-state index contributed by atoms with van der Waals surface area (Å²) in [6, 6.07) is 10.5. The van der Waals surface area contributed by atoms with E-state index in [1.165, 1.54) is 5.39 Å². The van der Waals surface area contributed by atoms with Crippen LogP contribution >= 0.6 is 11.3 Å². The first-order valence-electron chi connectivity index (χ1n) is 7.64. The summed E-state index contributed by atoms with van der Waals surface area (Å²) in [4.78, 5) is 4.80. The molecule has 0 fully saturated rings. The van der Waals surface area contributed by atoms with E-state index in [4.69, 9.17) is 15.0 Å². The molecule has 0 spiro atoms. The molecule has 1 atom stereocenters. The predicted octanol–water partition coefficient (Wildman–Crippen LogP) is 4.43. The van der Waals surface area contributed by atoms with Crippen LogP contribution < -0.4 is 0 Å². The highest BCUT2D eigenvalue weighted by molar-refractivity contribution is 7.10. The minimum absolute atomic E-state index is 0.297. The number of rotatable bonds is 6. The van der Waals surface area contributed by atoms with Gasteiger partial charge in [0.25, 0.3) is 0 Å². The van der Waals surface area contributed by atoms with Crippen LogP contribution in [0.5, 0.6) is 0 Å². The van der Waals surface area contributed by atoms with Crippen LogP contribution in [0.3, 0.4) is 0 Å². The van der Waals surface area contributed by atoms with E-state index in [0.29, 0.717) is 25.5 Å². The van der Waals surface area contributed by atoms with E-state index in [1.807, 2.05) is 12.1 Å². The quantitative estimate of drug-likeness (QED) is 0.673. The van der Waals surface area contributed by atoms with Crippen molar-refractivity contribution in [1.82, 2.24) is 9.55 Å². The van der Waals surface area contributed by atoms with Gasteiger partial charge in [0, 0.05) is 47.6 Å². The summed E-state index contributed by atoms with van der Waals surface area (Å²) in [5, 5.41) is 13.2. The molecule has 2 heterocycles. The van der Waals surface area contributed by atoms with Crippen LogP contribution in [0.2, 0.25) is 0 Å². The van der Waals surface area contributed by atoms with E-state index in [2.05, 4.69) is 41.3 Å². The second-order valence-corrected chi connectivity index (χ2v) is 6.48. The summed E-state index contributed by atoms with van der Waals surface area (Å²) in [6.45, 7) is 3.51. The number of nitriles is 1. The molecular formula is C18H19N3OS. The lowest BCUT2D eigenvalue weighted by Gasteiger charge is -2.05. The lowest BCUT2D eigenvalue weighted by atomic mass is 10.1. The second kappa shape index (κ2) is 6.95. The number of hydrogen-bond acceptors (Lipinski definition) is 4. The SMILES string of the molecule is COC[C@@H](C)c1nc(-c2cn(CCC#N)c3ccccc23)cs1. The van der Waals surface area contributed by atoms with E-state index in [0.717, 1.165) is 21.8 Å². The van der Waals surface area contributed by atoms with E-state index in [-0.39, 0.29) is 0 Å². The van der Waals surface area contributed by atoms with Gasteiger partial charge in [-0.25, -0.2) is 4.98 Å². The highest BCUT2D eigenvalue weighted by atomic mass is 32.1. The Bertz CT molecular complexity index is 843. The monoisotopic (exact) mass is 325 g/mol. The normalized spacial score (nSPS) is 12.4. The molecule has 3 aromatic rings. The van der Waals surface area contributed by atoms with Gasteiger partial charge in [-0.3, -0.25) is 0 Å². The van der Waals surface area contributed by atoms with Gasteiger partial charge in [0.1, 0.15) is 0 Å². The second-order valence-electron chi connectivity index (χ2n) is 5.59. The first-order valence-corrected chi connectivity index (χ1v) is 8.52. The zero-order chi connectivity index (χ0) is 16.2. The standard InChI is InChI=1S/C18H19N3OS/c1-13(11-22-2)18-20-16(12-23-18)15-10-21(9-5-8-19)17-7-4-3-6-14(15)17/h3-4,6-7,10,12-13H,5,9,11H2,1-2H3/t13-/m1/s1. The summed E-state index contributed by atoms with van der Waals surface area (Å²) in [7, 11) is 1.72. The number of ether oxygens (including phenoxy) is 1. The predicted molar refractivity (Wildman–Crippen MR) is 93.6 cm³/mol. The van der Waals surface area contributed by atoms with Crippen LogP contribution in [-0.4, -0.2) is 23.3 Å². The molecule has 0 saturated heterocycles. The lowest BCUT2D eigenvalue weighted by molar-refractivity contribution is 0.184. The average molecular weight is 325 g/mol. The fourth-order valence-electron chi connectivity index (χ4n) is 2.77. The fraction of sp³-hybridized carbons (Fsp3) is 0.333. The Morgan fingerprint density at radius 3 is 3.00 bits per heavy atom. The Labute approximate surface area is 140 Å². The van der Waals surface area contributed by atoms with Crippen LogP contribution in [-0.2, 0) is 11.3 Å². The summed E-state index contributed by atoms with van der Waals surface area (Å²) >= 11 is 1.68. The van der Waals surface area contributed by atoms with Crippen molar-refractivity contribution in [2.45, 2.75) is 25.8 Å². The minimum atomic E-state index is 0.297. The van der Waals surface area contributed by atoms with Crippen molar-refractivity contribution in [3.63, 3.8) is 0 Å². The number of thiazole rings is 1. The molecule has 0 aliphatic rings. The van der Waals surface area contributed by atoms with Crippen molar-refractivity contribution in [2.75, 3.05) is 13.7 Å². The van der Waals surface area contributed by atoms with Crippen molar-refractivity contribution < 1.29 is 4.74 Å². The summed E-state index contributed by atoms with van der Waals surface area (Å²) in [5.74, 6) is 0.297. The van der Waals surface area contributed by atoms with Gasteiger partial charge in [-0.1, -0.05) is 25.1 Å². The molecule has 0 radical (unpaired) electrons. The molecule has 118 valence electrons. The van der Waals surface area contributed by atoms with Crippen molar-refractivity contribution in [3.05, 3.63) is 40.8 Å². The Morgan fingerprint density at radius 1 is 1.39 bits per heavy atom. The average Bonchev–Trinajstić information content (AvgIpc) is 3.18. The number of methoxy groups -OCH3 is 1. The van der Waals surface area contributed by atoms with Gasteiger partial charge in [0.05, 0.1) is 29.8 Å². The molecular weight excluding hydrogens is 306 g/mol. The highest BCUT2D eigenvalue weighted by Crippen LogP contribution is 2.33. The third-order valence-electron chi connectivity index (χ3n) is 3.89. The van der Waals surface area contributed by atoms with E-state index in [1.54, 1.807) is 18.4 Å². The van der Waals surface area contributed by atoms with Crippen LogP contribution in [0.25, 0.3) is 22.2 Å². The van der Waals surface area contributed by atoms with E-state index >= 15 is 0 Å². The number of nitrogens with zero attached hydrogens (tertiary/aromatic N) is 3. The molecule has 5 heteroatoms. The maximum atomic E-state index is 8.85. The van der Waals surface area contributed by atoms with Gasteiger partial charge < -0.3 is 9.30 Å². The van der Waals surface area contributed by atoms with Crippen molar-refractivity contribution in [2.24, 2.45) is 0 Å². The highest BCUT2D eigenvalue weighted by Gasteiger charge is 2.15. The number of aromatic nitrogens is 2. The van der Waals surface area contributed by atoms with Crippen LogP contribution in [0.15, 0.2) is 35.8 Å². The van der Waals surface area contributed by atoms with Gasteiger partial charge >= 0.3 is 0 Å². The van der Waals surface area contributed by atoms with Gasteiger partial charge in [-0.05, 0) is 6.07 Å². The number of fused-ring (bicyclic) bond motifs is 1. The zero-order valence-electron chi connectivity index (χ0n) is 13.3. The van der Waals surface area contributed by atoms with Gasteiger partial charge in [0.2, 0.25) is 0 Å². The fourth-order valence-corrected chi connectivity index (χ4v) is 3.63. The molecule has 0 aliphatic heterocycles. The molecule has 1 aromatic carbocycles. The molecule has 3 rings (SSSR count). The molecule has 0 N–H and O–H groups in total. The van der Waals surface area contributed by atoms with Crippen molar-refractivity contribution in [3.8, 4) is 17.3 Å². The van der Waals surface area contributed by atoms with E-state index in [9.17, 15) is 0 Å². The Balaban J connectivity index is 2.01. The van der Waals surface area contributed by atoms with Crippen LogP contribution in [0, 0.1) is 11.3 Å². The molecule has 0 amide bonds. The molecule has 0 saturated carbocycles. The van der Waals surface area contributed by atoms with Crippen molar-refractivity contribution >= 4 is 22.2 Å². The van der Waals surface area contributed by atoms with Crippen LogP contribution in [0.1, 0.15) is 24.3 Å². The third kappa shape index (κ3) is 3.14. The molecule has 0 unspecified atom stereocenters. The van der Waals surface area contributed by atoms with Crippen LogP contribution in [0.4, 0.5) is 0 Å². The number of aryl methyl sites for hydroxylation is 1. The number of benzene rings is 1. The Morgan fingerprint density at radius 2 is 2.22 bits per heavy atom. The lowest BCUT2D eigenvalue weighted by Crippen LogP contribution is -2.01. The Kier molecular flexibility index (Phi) is 4.75. The first-order chi connectivity index (χ1) is 11.2. The maximum absolute atomic E-state index is 8.85. The third-order valence-corrected chi connectivity index (χ3v) is 4.97. The molecule has 2 aromatic heterocycles. The molecule has 0 aliphatic carbocycles. The zero-order valence-corrected chi connectivity index (χ0v) is 14.1. The topological polar surface area (TPSA) is 50.8 Å². The number of para-hydroxylation sites is 1. The maximum Gasteiger partial charge on any atom is 0.0983 e. The minimum Gasteiger partial charge on any atom is -0.384 e. The summed E-state index contributed by atoms with van der Waals surface area (Å²) in [5.41, 5.74) is 3.28. The first kappa shape index (κ1) is 15.7. The Hall–Kier alpha value is -2.16. The summed E-state index contributed by atoms with van der Waals surface area (Å²) in [6.07, 6.45) is 2.62. The number of hydrogen-bond donors (Lipinski definition) is 0. The molecule has 4 nitrogen and oxygen atoms in total. The smallest absolute Gasteiger partial charge is 0.0983 e. The van der Waals surface area contributed by atoms with Gasteiger partial charge in [0.15, 0.2) is 0 Å². The molecule has 23 heavy (non-hydrogen) atoms. The summed E-state index contributed by atoms with van der Waals surface area (Å²) < 4.78 is 7.37. The van der Waals surface area contributed by atoms with E-state index < -0.39 is 0 Å². The largest absolute Gasteiger partial charge is 0.384 e. The molecule has 0 bridgehead atoms. The van der Waals surface area contributed by atoms with Crippen molar-refractivity contribution in [1.29, 1.82) is 5.26 Å². The van der Waals surface area contributed by atoms with Gasteiger partial charge in [-0.15, -0.1) is 11.3 Å².